The third kappa shape index (κ3) is 2.22. The van der Waals surface area contributed by atoms with E-state index in [4.69, 9.17) is 0 Å². The minimum absolute atomic E-state index is 0.150. The highest BCUT2D eigenvalue weighted by molar-refractivity contribution is 7.89. The number of hydrogen-bond acceptors (Lipinski definition) is 4. The molecule has 1 aliphatic heterocycles. The number of sulfonamides is 1. The molecule has 0 aliphatic carbocycles. The van der Waals surface area contributed by atoms with Crippen molar-refractivity contribution in [2.24, 2.45) is 4.40 Å². The zero-order chi connectivity index (χ0) is 7.61. The second-order valence-electron chi connectivity index (χ2n) is 1.79. The van der Waals surface area contributed by atoms with Crippen molar-refractivity contribution in [3.63, 3.8) is 0 Å². The smallest absolute Gasteiger partial charge is 0.399 e. The fourth-order valence-corrected chi connectivity index (χ4v) is 0.864. The van der Waals surface area contributed by atoms with E-state index in [0.717, 1.165) is 6.26 Å². The molecule has 58 valence electrons. The van der Waals surface area contributed by atoms with Crippen LogP contribution in [-0.4, -0.2) is 34.0 Å². The van der Waals surface area contributed by atoms with Crippen LogP contribution in [-0.2, 0) is 19.5 Å². The minimum Gasteiger partial charge on any atom is -0.446 e. The largest absolute Gasteiger partial charge is 0.446 e. The molecule has 1 fully saturated rings. The fourth-order valence-electron chi connectivity index (χ4n) is 0.488. The van der Waals surface area contributed by atoms with Crippen LogP contribution in [0.5, 0.6) is 0 Å². The van der Waals surface area contributed by atoms with Gasteiger partial charge in [-0.15, -0.1) is 0 Å². The first-order valence-electron chi connectivity index (χ1n) is 2.63. The first kappa shape index (κ1) is 7.33. The molecule has 5 nitrogen and oxygen atoms in total. The molecule has 10 heavy (non-hydrogen) atoms. The van der Waals surface area contributed by atoms with E-state index >= 15 is 0 Å². The first-order chi connectivity index (χ1) is 4.58. The molecule has 0 aromatic carbocycles. The summed E-state index contributed by atoms with van der Waals surface area (Å²) >= 11 is 0. The van der Waals surface area contributed by atoms with Crippen LogP contribution in [0.2, 0.25) is 0 Å². The maximum absolute atomic E-state index is 10.4. The lowest BCUT2D eigenvalue weighted by Crippen LogP contribution is -2.01. The highest BCUT2D eigenvalue weighted by Gasteiger charge is 2.12. The van der Waals surface area contributed by atoms with Crippen molar-refractivity contribution >= 4 is 16.1 Å². The Morgan fingerprint density at radius 2 is 1.90 bits per heavy atom. The number of ether oxygens (including phenoxy) is 2. The van der Waals surface area contributed by atoms with Crippen molar-refractivity contribution in [2.45, 2.75) is 0 Å². The lowest BCUT2D eigenvalue weighted by atomic mass is 10.8. The van der Waals surface area contributed by atoms with Gasteiger partial charge in [-0.2, -0.15) is 0 Å². The fraction of sp³-hybridized carbons (Fsp3) is 0.750. The van der Waals surface area contributed by atoms with Crippen LogP contribution in [0.3, 0.4) is 0 Å². The third-order valence-electron chi connectivity index (χ3n) is 0.775. The summed E-state index contributed by atoms with van der Waals surface area (Å²) in [5.41, 5.74) is 0. The van der Waals surface area contributed by atoms with Crippen molar-refractivity contribution in [3.8, 4) is 0 Å². The zero-order valence-electron chi connectivity index (χ0n) is 5.40. The number of hydrogen-bond donors (Lipinski definition) is 0. The van der Waals surface area contributed by atoms with Gasteiger partial charge in [0.25, 0.3) is 10.0 Å². The summed E-state index contributed by atoms with van der Waals surface area (Å²) in [6.45, 7) is 0.739. The highest BCUT2D eigenvalue weighted by atomic mass is 32.2. The van der Waals surface area contributed by atoms with E-state index < -0.39 is 10.0 Å². The molecule has 0 saturated carbocycles. The summed E-state index contributed by atoms with van der Waals surface area (Å²) in [5, 5.41) is 0. The molecule has 1 aliphatic rings. The van der Waals surface area contributed by atoms with E-state index in [1.807, 2.05) is 0 Å². The standard InChI is InChI=1S/C4H7NO4S/c1-10(6,7)5-4-8-2-3-9-4/h2-3H2,1H3. The second kappa shape index (κ2) is 2.45. The molecular formula is C4H7NO4S. The molecule has 6 heteroatoms. The van der Waals surface area contributed by atoms with Crippen LogP contribution in [0, 0.1) is 0 Å². The highest BCUT2D eigenvalue weighted by Crippen LogP contribution is 1.98. The topological polar surface area (TPSA) is 65.0 Å². The third-order valence-corrected chi connectivity index (χ3v) is 1.26. The van der Waals surface area contributed by atoms with Crippen LogP contribution >= 0.6 is 0 Å². The summed E-state index contributed by atoms with van der Waals surface area (Å²) in [5.74, 6) is 0. The lowest BCUT2D eigenvalue weighted by molar-refractivity contribution is 0.339. The van der Waals surface area contributed by atoms with E-state index in [0.29, 0.717) is 13.2 Å². The van der Waals surface area contributed by atoms with Gasteiger partial charge in [0.15, 0.2) is 0 Å². The van der Waals surface area contributed by atoms with Gasteiger partial charge in [0.1, 0.15) is 13.2 Å². The Balaban J connectivity index is 2.72. The Morgan fingerprint density at radius 3 is 2.30 bits per heavy atom. The normalized spacial score (nSPS) is 17.9. The molecule has 0 N–H and O–H groups in total. The van der Waals surface area contributed by atoms with Crippen LogP contribution in [0.15, 0.2) is 4.40 Å². The molecule has 0 radical (unpaired) electrons. The van der Waals surface area contributed by atoms with Crippen molar-refractivity contribution in [2.75, 3.05) is 19.5 Å². The number of nitrogens with zero attached hydrogens (tertiary/aromatic N) is 1. The van der Waals surface area contributed by atoms with Gasteiger partial charge in [-0.05, 0) is 0 Å². The molecule has 0 spiro atoms. The molecule has 0 bridgehead atoms. The van der Waals surface area contributed by atoms with E-state index in [-0.39, 0.29) is 6.08 Å². The summed E-state index contributed by atoms with van der Waals surface area (Å²) in [4.78, 5) is 0. The van der Waals surface area contributed by atoms with E-state index in [1.54, 1.807) is 0 Å². The predicted octanol–water partition coefficient (Wildman–Crippen LogP) is -0.651. The first-order valence-corrected chi connectivity index (χ1v) is 4.48. The second-order valence-corrected chi connectivity index (χ2v) is 3.44. The van der Waals surface area contributed by atoms with Crippen molar-refractivity contribution in [1.29, 1.82) is 0 Å². The Labute approximate surface area is 58.7 Å². The Morgan fingerprint density at radius 1 is 1.40 bits per heavy atom. The minimum atomic E-state index is -3.37. The van der Waals surface area contributed by atoms with Gasteiger partial charge >= 0.3 is 6.08 Å². The molecule has 1 heterocycles. The maximum Gasteiger partial charge on any atom is 0.399 e. The molecule has 0 aromatic rings. The summed E-state index contributed by atoms with van der Waals surface area (Å²) in [6, 6.07) is 0. The summed E-state index contributed by atoms with van der Waals surface area (Å²) < 4.78 is 33.4. The molecule has 0 amide bonds. The van der Waals surface area contributed by atoms with E-state index in [2.05, 4.69) is 13.9 Å². The van der Waals surface area contributed by atoms with Gasteiger partial charge in [0, 0.05) is 0 Å². The molecule has 1 rings (SSSR count). The summed E-state index contributed by atoms with van der Waals surface area (Å²) in [6.07, 6.45) is 0.827. The van der Waals surface area contributed by atoms with Gasteiger partial charge in [0.05, 0.1) is 6.26 Å². The van der Waals surface area contributed by atoms with Crippen LogP contribution in [0.25, 0.3) is 0 Å². The van der Waals surface area contributed by atoms with Crippen LogP contribution < -0.4 is 0 Å². The van der Waals surface area contributed by atoms with Crippen molar-refractivity contribution in [3.05, 3.63) is 0 Å². The lowest BCUT2D eigenvalue weighted by Gasteiger charge is -1.91. The zero-order valence-corrected chi connectivity index (χ0v) is 6.22. The average Bonchev–Trinajstić information content (AvgIpc) is 2.12. The van der Waals surface area contributed by atoms with Gasteiger partial charge < -0.3 is 9.47 Å². The Bertz CT molecular complexity index is 234. The summed E-state index contributed by atoms with van der Waals surface area (Å²) in [7, 11) is -3.37. The Kier molecular flexibility index (Phi) is 1.80. The molecule has 0 aromatic heterocycles. The maximum atomic E-state index is 10.4. The molecule has 1 saturated heterocycles. The van der Waals surface area contributed by atoms with Crippen LogP contribution in [0.4, 0.5) is 0 Å². The van der Waals surface area contributed by atoms with Gasteiger partial charge in [-0.25, -0.2) is 8.42 Å². The van der Waals surface area contributed by atoms with Gasteiger partial charge in [-0.3, -0.25) is 0 Å². The van der Waals surface area contributed by atoms with Gasteiger partial charge in [-0.1, -0.05) is 4.40 Å². The van der Waals surface area contributed by atoms with Crippen molar-refractivity contribution in [1.82, 2.24) is 0 Å². The molecule has 0 unspecified atom stereocenters. The van der Waals surface area contributed by atoms with E-state index in [1.165, 1.54) is 0 Å². The molecular weight excluding hydrogens is 158 g/mol. The SMILES string of the molecule is CS(=O)(=O)N=C1OCCO1. The quantitative estimate of drug-likeness (QED) is 0.517. The monoisotopic (exact) mass is 165 g/mol. The Hall–Kier alpha value is -0.780. The number of rotatable bonds is 1. The van der Waals surface area contributed by atoms with Gasteiger partial charge in [0.2, 0.25) is 0 Å². The average molecular weight is 165 g/mol. The van der Waals surface area contributed by atoms with E-state index in [9.17, 15) is 8.42 Å². The molecule has 0 atom stereocenters. The van der Waals surface area contributed by atoms with Crippen molar-refractivity contribution < 1.29 is 17.9 Å². The van der Waals surface area contributed by atoms with Crippen LogP contribution in [0.1, 0.15) is 0 Å². The predicted molar refractivity (Wildman–Crippen MR) is 34.2 cm³/mol.